The second kappa shape index (κ2) is 9.40. The van der Waals surface area contributed by atoms with Gasteiger partial charge in [-0.3, -0.25) is 15.1 Å². The molecule has 0 saturated carbocycles. The molecule has 5 rings (SSSR count). The largest absolute Gasteiger partial charge is 0.371 e. The Hall–Kier alpha value is -3.70. The zero-order valence-corrected chi connectivity index (χ0v) is 21.1. The van der Waals surface area contributed by atoms with Gasteiger partial charge in [-0.1, -0.05) is 18.2 Å². The second-order valence-electron chi connectivity index (χ2n) is 9.75. The first kappa shape index (κ1) is 24.0. The molecule has 0 aliphatic carbocycles. The highest BCUT2D eigenvalue weighted by Gasteiger charge is 2.52. The predicted octanol–water partition coefficient (Wildman–Crippen LogP) is 5.17. The molecule has 36 heavy (non-hydrogen) atoms. The first-order valence-corrected chi connectivity index (χ1v) is 12.9. The van der Waals surface area contributed by atoms with E-state index in [1.807, 2.05) is 31.2 Å². The Morgan fingerprint density at radius 3 is 2.61 bits per heavy atom. The van der Waals surface area contributed by atoms with E-state index in [0.717, 1.165) is 47.6 Å². The zero-order chi connectivity index (χ0) is 25.4. The van der Waals surface area contributed by atoms with E-state index in [-0.39, 0.29) is 29.5 Å². The van der Waals surface area contributed by atoms with Crippen LogP contribution in [0.15, 0.2) is 60.0 Å². The minimum atomic E-state index is -0.734. The Kier molecular flexibility index (Phi) is 6.27. The van der Waals surface area contributed by atoms with Crippen molar-refractivity contribution in [3.63, 3.8) is 0 Å². The number of piperidine rings is 1. The van der Waals surface area contributed by atoms with E-state index in [2.05, 4.69) is 27.7 Å². The van der Waals surface area contributed by atoms with Gasteiger partial charge in [0.05, 0.1) is 23.1 Å². The summed E-state index contributed by atoms with van der Waals surface area (Å²) in [5.74, 6) is -0.432. The van der Waals surface area contributed by atoms with E-state index in [9.17, 15) is 14.4 Å². The van der Waals surface area contributed by atoms with Crippen LogP contribution in [-0.2, 0) is 10.3 Å². The van der Waals surface area contributed by atoms with Crippen molar-refractivity contribution in [3.8, 4) is 17.2 Å². The molecule has 2 aliphatic heterocycles. The standard InChI is InChI=1S/C28H28FN5OS/c1-28(24-14-21(17-36-24)20-6-3-5-18(13-20)16-30)25(26(35)33(2)27(31)32-28)19-9-11-34(12-10-19)23-8-4-7-22(29)15-23/h3-8,13-15,17,19,25H,9-12H2,1-2H3,(H2,31,32)/t25?,28-/m1/s1. The van der Waals surface area contributed by atoms with Crippen LogP contribution in [0.5, 0.6) is 0 Å². The van der Waals surface area contributed by atoms with Gasteiger partial charge in [-0.2, -0.15) is 5.26 Å². The van der Waals surface area contributed by atoms with Gasteiger partial charge in [0.25, 0.3) is 0 Å². The smallest absolute Gasteiger partial charge is 0.235 e. The number of carbonyl (C=O) groups is 1. The molecule has 2 atom stereocenters. The zero-order valence-electron chi connectivity index (χ0n) is 20.3. The number of nitriles is 1. The van der Waals surface area contributed by atoms with Crippen molar-refractivity contribution in [2.45, 2.75) is 25.3 Å². The van der Waals surface area contributed by atoms with E-state index in [1.54, 1.807) is 36.6 Å². The summed E-state index contributed by atoms with van der Waals surface area (Å²) in [6, 6.07) is 18.4. The van der Waals surface area contributed by atoms with E-state index >= 15 is 0 Å². The number of hydrogen-bond donors (Lipinski definition) is 2. The topological polar surface area (TPSA) is 83.2 Å². The fourth-order valence-corrected chi connectivity index (χ4v) is 6.63. The Labute approximate surface area is 214 Å². The SMILES string of the molecule is CN1C(=N)N[C@](C)(c2cc(-c3cccc(C#N)c3)cs2)C(C2CCN(c3cccc(F)c3)CC2)C1=O. The lowest BCUT2D eigenvalue weighted by molar-refractivity contribution is -0.138. The molecule has 0 spiro atoms. The predicted molar refractivity (Wildman–Crippen MR) is 140 cm³/mol. The number of hydrogen-bond acceptors (Lipinski definition) is 5. The van der Waals surface area contributed by atoms with Crippen LogP contribution in [0, 0.1) is 34.4 Å². The Bertz CT molecular complexity index is 1360. The lowest BCUT2D eigenvalue weighted by atomic mass is 9.70. The number of rotatable bonds is 4. The molecular weight excluding hydrogens is 473 g/mol. The fourth-order valence-electron chi connectivity index (χ4n) is 5.55. The van der Waals surface area contributed by atoms with Gasteiger partial charge in [-0.05, 0) is 78.6 Å². The molecule has 1 amide bonds. The summed E-state index contributed by atoms with van der Waals surface area (Å²) in [6.45, 7) is 3.51. The van der Waals surface area contributed by atoms with Gasteiger partial charge in [0.1, 0.15) is 5.82 Å². The average molecular weight is 502 g/mol. The van der Waals surface area contributed by atoms with Crippen LogP contribution < -0.4 is 10.2 Å². The molecule has 0 radical (unpaired) electrons. The van der Waals surface area contributed by atoms with Crippen LogP contribution in [0.2, 0.25) is 0 Å². The molecule has 6 nitrogen and oxygen atoms in total. The van der Waals surface area contributed by atoms with Gasteiger partial charge in [0.2, 0.25) is 5.91 Å². The summed E-state index contributed by atoms with van der Waals surface area (Å²) in [7, 11) is 1.65. The molecule has 2 aliphatic rings. The number of halogens is 1. The Morgan fingerprint density at radius 1 is 1.14 bits per heavy atom. The fraction of sp³-hybridized carbons (Fsp3) is 0.321. The maximum absolute atomic E-state index is 13.8. The third-order valence-corrected chi connectivity index (χ3v) is 8.72. The number of anilines is 1. The highest BCUT2D eigenvalue weighted by Crippen LogP contribution is 2.45. The van der Waals surface area contributed by atoms with Gasteiger partial charge >= 0.3 is 0 Å². The molecule has 2 saturated heterocycles. The number of nitrogens with one attached hydrogen (secondary N) is 2. The van der Waals surface area contributed by atoms with Gasteiger partial charge in [-0.15, -0.1) is 11.3 Å². The van der Waals surface area contributed by atoms with Crippen molar-refractivity contribution in [1.82, 2.24) is 10.2 Å². The molecular formula is C28H28FN5OS. The van der Waals surface area contributed by atoms with Gasteiger partial charge < -0.3 is 10.2 Å². The minimum absolute atomic E-state index is 0.0492. The maximum atomic E-state index is 13.8. The van der Waals surface area contributed by atoms with E-state index in [0.29, 0.717) is 5.56 Å². The van der Waals surface area contributed by atoms with Crippen LogP contribution in [0.1, 0.15) is 30.2 Å². The summed E-state index contributed by atoms with van der Waals surface area (Å²) in [4.78, 5) is 18.2. The Balaban J connectivity index is 1.44. The molecule has 3 heterocycles. The maximum Gasteiger partial charge on any atom is 0.235 e. The van der Waals surface area contributed by atoms with Crippen molar-refractivity contribution in [2.75, 3.05) is 25.0 Å². The molecule has 8 heteroatoms. The van der Waals surface area contributed by atoms with Crippen LogP contribution in [-0.4, -0.2) is 36.9 Å². The molecule has 2 N–H and O–H groups in total. The highest BCUT2D eigenvalue weighted by molar-refractivity contribution is 7.10. The lowest BCUT2D eigenvalue weighted by Crippen LogP contribution is -2.65. The van der Waals surface area contributed by atoms with Crippen molar-refractivity contribution in [3.05, 3.63) is 76.2 Å². The number of benzene rings is 2. The molecule has 3 aromatic rings. The first-order chi connectivity index (χ1) is 17.3. The van der Waals surface area contributed by atoms with Gasteiger partial charge in [0.15, 0.2) is 5.96 Å². The lowest BCUT2D eigenvalue weighted by Gasteiger charge is -2.49. The van der Waals surface area contributed by atoms with Crippen molar-refractivity contribution in [1.29, 1.82) is 10.7 Å². The molecule has 1 unspecified atom stereocenters. The summed E-state index contributed by atoms with van der Waals surface area (Å²) in [5, 5.41) is 23.1. The molecule has 2 aromatic carbocycles. The summed E-state index contributed by atoms with van der Waals surface area (Å²) >= 11 is 1.57. The third-order valence-electron chi connectivity index (χ3n) is 7.55. The van der Waals surface area contributed by atoms with E-state index < -0.39 is 5.54 Å². The van der Waals surface area contributed by atoms with Crippen LogP contribution >= 0.6 is 11.3 Å². The van der Waals surface area contributed by atoms with Crippen molar-refractivity contribution >= 4 is 28.9 Å². The average Bonchev–Trinajstić information content (AvgIpc) is 3.39. The van der Waals surface area contributed by atoms with Gasteiger partial charge in [-0.25, -0.2) is 4.39 Å². The third kappa shape index (κ3) is 4.24. The monoisotopic (exact) mass is 501 g/mol. The van der Waals surface area contributed by atoms with Crippen LogP contribution in [0.4, 0.5) is 10.1 Å². The molecule has 1 aromatic heterocycles. The van der Waals surface area contributed by atoms with Crippen molar-refractivity contribution < 1.29 is 9.18 Å². The minimum Gasteiger partial charge on any atom is -0.371 e. The summed E-state index contributed by atoms with van der Waals surface area (Å²) < 4.78 is 13.8. The molecule has 2 fully saturated rings. The number of nitrogens with zero attached hydrogens (tertiary/aromatic N) is 3. The van der Waals surface area contributed by atoms with E-state index in [1.165, 1.54) is 11.0 Å². The number of carbonyl (C=O) groups excluding carboxylic acids is 1. The van der Waals surface area contributed by atoms with Crippen molar-refractivity contribution in [2.24, 2.45) is 11.8 Å². The number of guanidine groups is 1. The normalized spacial score (nSPS) is 22.9. The molecule has 0 bridgehead atoms. The molecule has 184 valence electrons. The quantitative estimate of drug-likeness (QED) is 0.517. The highest BCUT2D eigenvalue weighted by atomic mass is 32.1. The number of thiophene rings is 1. The first-order valence-electron chi connectivity index (χ1n) is 12.0. The Morgan fingerprint density at radius 2 is 1.89 bits per heavy atom. The van der Waals surface area contributed by atoms with E-state index in [4.69, 9.17) is 5.41 Å². The summed E-state index contributed by atoms with van der Waals surface area (Å²) in [5.41, 5.74) is 2.68. The van der Waals surface area contributed by atoms with Gasteiger partial charge in [0, 0.05) is 30.7 Å². The van der Waals surface area contributed by atoms with Crippen LogP contribution in [0.25, 0.3) is 11.1 Å². The van der Waals surface area contributed by atoms with Crippen LogP contribution in [0.3, 0.4) is 0 Å². The summed E-state index contributed by atoms with van der Waals surface area (Å²) in [6.07, 6.45) is 1.60. The second-order valence-corrected chi connectivity index (χ2v) is 10.7. The number of amides is 1.